The van der Waals surface area contributed by atoms with Gasteiger partial charge in [-0.3, -0.25) is 9.59 Å². The predicted octanol–water partition coefficient (Wildman–Crippen LogP) is 2.28. The second-order valence-corrected chi connectivity index (χ2v) is 6.12. The van der Waals surface area contributed by atoms with Crippen LogP contribution in [0.2, 0.25) is 0 Å². The van der Waals surface area contributed by atoms with Crippen LogP contribution in [-0.2, 0) is 6.54 Å². The molecular weight excluding hydrogens is 358 g/mol. The van der Waals surface area contributed by atoms with Crippen molar-refractivity contribution in [1.82, 2.24) is 20.3 Å². The third-order valence-electron chi connectivity index (χ3n) is 4.12. The Bertz CT molecular complexity index is 983. The molecule has 0 saturated carbocycles. The highest BCUT2D eigenvalue weighted by Gasteiger charge is 2.12. The molecule has 2 aromatic carbocycles. The van der Waals surface area contributed by atoms with Crippen LogP contribution in [-0.4, -0.2) is 40.5 Å². The van der Waals surface area contributed by atoms with Gasteiger partial charge in [0.05, 0.1) is 19.9 Å². The van der Waals surface area contributed by atoms with Crippen molar-refractivity contribution in [2.75, 3.05) is 19.0 Å². The molecule has 0 aliphatic carbocycles. The number of nitrogens with one attached hydrogen (secondary N) is 2. The smallest absolute Gasteiger partial charge is 0.277 e. The first-order valence-corrected chi connectivity index (χ1v) is 8.76. The molecule has 1 aromatic heterocycles. The maximum absolute atomic E-state index is 12.3. The van der Waals surface area contributed by atoms with Gasteiger partial charge in [0.15, 0.2) is 5.69 Å². The fourth-order valence-electron chi connectivity index (χ4n) is 2.61. The molecule has 144 valence electrons. The van der Waals surface area contributed by atoms with Crippen molar-refractivity contribution in [3.8, 4) is 5.75 Å². The maximum atomic E-state index is 12.3. The Labute approximate surface area is 162 Å². The molecule has 0 bridgehead atoms. The van der Waals surface area contributed by atoms with E-state index < -0.39 is 0 Å². The van der Waals surface area contributed by atoms with Crippen molar-refractivity contribution in [3.05, 3.63) is 71.5 Å². The zero-order valence-corrected chi connectivity index (χ0v) is 15.7. The van der Waals surface area contributed by atoms with Gasteiger partial charge in [0, 0.05) is 23.9 Å². The fraction of sp³-hybridized carbons (Fsp3) is 0.200. The Morgan fingerprint density at radius 1 is 1.11 bits per heavy atom. The molecule has 0 radical (unpaired) electrons. The number of hydrogen-bond donors (Lipinski definition) is 2. The molecule has 2 amide bonds. The highest BCUT2D eigenvalue weighted by atomic mass is 16.5. The van der Waals surface area contributed by atoms with Crippen molar-refractivity contribution in [2.24, 2.45) is 0 Å². The molecular formula is C20H21N5O3. The van der Waals surface area contributed by atoms with Crippen LogP contribution in [0.15, 0.2) is 54.7 Å². The SMILES string of the molecule is COc1cccc(NC(=O)c2cn(CCNC(=O)c3ccccc3C)nn2)c1. The van der Waals surface area contributed by atoms with E-state index in [1.54, 1.807) is 37.4 Å². The Hall–Kier alpha value is -3.68. The number of methoxy groups -OCH3 is 1. The van der Waals surface area contributed by atoms with E-state index in [0.717, 1.165) is 5.56 Å². The number of hydrogen-bond acceptors (Lipinski definition) is 5. The zero-order chi connectivity index (χ0) is 19.9. The van der Waals surface area contributed by atoms with Gasteiger partial charge in [-0.15, -0.1) is 5.10 Å². The van der Waals surface area contributed by atoms with E-state index in [4.69, 9.17) is 4.74 Å². The lowest BCUT2D eigenvalue weighted by Crippen LogP contribution is -2.28. The molecule has 0 aliphatic rings. The highest BCUT2D eigenvalue weighted by Crippen LogP contribution is 2.17. The van der Waals surface area contributed by atoms with Gasteiger partial charge in [-0.05, 0) is 30.7 Å². The number of anilines is 1. The van der Waals surface area contributed by atoms with Crippen molar-refractivity contribution >= 4 is 17.5 Å². The molecule has 3 aromatic rings. The quantitative estimate of drug-likeness (QED) is 0.656. The largest absolute Gasteiger partial charge is 0.497 e. The van der Waals surface area contributed by atoms with Gasteiger partial charge in [0.2, 0.25) is 0 Å². The minimum atomic E-state index is -0.372. The van der Waals surface area contributed by atoms with E-state index in [9.17, 15) is 9.59 Å². The van der Waals surface area contributed by atoms with Gasteiger partial charge in [0.25, 0.3) is 11.8 Å². The topological polar surface area (TPSA) is 98.1 Å². The number of rotatable bonds is 7. The molecule has 1 heterocycles. The molecule has 8 heteroatoms. The fourth-order valence-corrected chi connectivity index (χ4v) is 2.61. The van der Waals surface area contributed by atoms with Gasteiger partial charge >= 0.3 is 0 Å². The van der Waals surface area contributed by atoms with Crippen molar-refractivity contribution in [3.63, 3.8) is 0 Å². The summed E-state index contributed by atoms with van der Waals surface area (Å²) < 4.78 is 6.64. The zero-order valence-electron chi connectivity index (χ0n) is 15.7. The molecule has 2 N–H and O–H groups in total. The third-order valence-corrected chi connectivity index (χ3v) is 4.12. The van der Waals surface area contributed by atoms with Crippen molar-refractivity contribution in [1.29, 1.82) is 0 Å². The van der Waals surface area contributed by atoms with Gasteiger partial charge < -0.3 is 15.4 Å². The van der Waals surface area contributed by atoms with Crippen LogP contribution in [0.3, 0.4) is 0 Å². The summed E-state index contributed by atoms with van der Waals surface area (Å²) in [6.45, 7) is 2.66. The minimum Gasteiger partial charge on any atom is -0.497 e. The summed E-state index contributed by atoms with van der Waals surface area (Å²) in [5.74, 6) is 0.128. The maximum Gasteiger partial charge on any atom is 0.277 e. The molecule has 0 atom stereocenters. The van der Waals surface area contributed by atoms with E-state index in [0.29, 0.717) is 30.1 Å². The normalized spacial score (nSPS) is 10.4. The summed E-state index contributed by atoms with van der Waals surface area (Å²) >= 11 is 0. The molecule has 0 fully saturated rings. The van der Waals surface area contributed by atoms with E-state index in [-0.39, 0.29) is 17.5 Å². The Morgan fingerprint density at radius 2 is 1.93 bits per heavy atom. The molecule has 3 rings (SSSR count). The Kier molecular flexibility index (Phi) is 6.01. The second-order valence-electron chi connectivity index (χ2n) is 6.12. The Balaban J connectivity index is 1.53. The van der Waals surface area contributed by atoms with E-state index in [1.165, 1.54) is 10.9 Å². The standard InChI is InChI=1S/C20H21N5O3/c1-14-6-3-4-9-17(14)19(26)21-10-11-25-13-18(23-24-25)20(27)22-15-7-5-8-16(12-15)28-2/h3-9,12-13H,10-11H2,1-2H3,(H,21,26)(H,22,27). The van der Waals surface area contributed by atoms with Gasteiger partial charge in [-0.1, -0.05) is 29.5 Å². The second kappa shape index (κ2) is 8.81. The van der Waals surface area contributed by atoms with Crippen molar-refractivity contribution in [2.45, 2.75) is 13.5 Å². The van der Waals surface area contributed by atoms with E-state index in [2.05, 4.69) is 20.9 Å². The molecule has 0 spiro atoms. The van der Waals surface area contributed by atoms with Crippen molar-refractivity contribution < 1.29 is 14.3 Å². The average Bonchev–Trinajstić information content (AvgIpc) is 3.17. The van der Waals surface area contributed by atoms with Crippen LogP contribution in [0.4, 0.5) is 5.69 Å². The van der Waals surface area contributed by atoms with Gasteiger partial charge in [-0.25, -0.2) is 4.68 Å². The Morgan fingerprint density at radius 3 is 2.71 bits per heavy atom. The first kappa shape index (κ1) is 19.1. The monoisotopic (exact) mass is 379 g/mol. The lowest BCUT2D eigenvalue weighted by atomic mass is 10.1. The summed E-state index contributed by atoms with van der Waals surface area (Å²) in [4.78, 5) is 24.5. The number of benzene rings is 2. The molecule has 0 unspecified atom stereocenters. The summed E-state index contributed by atoms with van der Waals surface area (Å²) in [7, 11) is 1.56. The van der Waals surface area contributed by atoms with Crippen LogP contribution < -0.4 is 15.4 Å². The highest BCUT2D eigenvalue weighted by molar-refractivity contribution is 6.02. The van der Waals surface area contributed by atoms with Crippen LogP contribution in [0.25, 0.3) is 0 Å². The average molecular weight is 379 g/mol. The van der Waals surface area contributed by atoms with E-state index in [1.807, 2.05) is 25.1 Å². The van der Waals surface area contributed by atoms with Crippen LogP contribution in [0.1, 0.15) is 26.4 Å². The summed E-state index contributed by atoms with van der Waals surface area (Å²) in [5, 5.41) is 13.4. The predicted molar refractivity (Wildman–Crippen MR) is 104 cm³/mol. The van der Waals surface area contributed by atoms with Crippen LogP contribution in [0.5, 0.6) is 5.75 Å². The molecule has 0 aliphatic heterocycles. The first-order valence-electron chi connectivity index (χ1n) is 8.76. The number of amides is 2. The number of ether oxygens (including phenoxy) is 1. The van der Waals surface area contributed by atoms with Crippen LogP contribution in [0, 0.1) is 6.92 Å². The summed E-state index contributed by atoms with van der Waals surface area (Å²) in [6.07, 6.45) is 1.54. The number of aryl methyl sites for hydroxylation is 1. The van der Waals surface area contributed by atoms with Gasteiger partial charge in [0.1, 0.15) is 5.75 Å². The van der Waals surface area contributed by atoms with E-state index >= 15 is 0 Å². The summed E-state index contributed by atoms with van der Waals surface area (Å²) in [6, 6.07) is 14.4. The molecule has 0 saturated heterocycles. The minimum absolute atomic E-state index is 0.144. The molecule has 8 nitrogen and oxygen atoms in total. The van der Waals surface area contributed by atoms with Gasteiger partial charge in [-0.2, -0.15) is 0 Å². The van der Waals surface area contributed by atoms with Crippen LogP contribution >= 0.6 is 0 Å². The molecule has 28 heavy (non-hydrogen) atoms. The third kappa shape index (κ3) is 4.73. The number of carbonyl (C=O) groups is 2. The first-order chi connectivity index (χ1) is 13.6. The lowest BCUT2D eigenvalue weighted by Gasteiger charge is -2.07. The lowest BCUT2D eigenvalue weighted by molar-refractivity contribution is 0.0950. The number of aromatic nitrogens is 3. The number of nitrogens with zero attached hydrogens (tertiary/aromatic N) is 3. The summed E-state index contributed by atoms with van der Waals surface area (Å²) in [5.41, 5.74) is 2.34. The number of carbonyl (C=O) groups excluding carboxylic acids is 2.